The summed E-state index contributed by atoms with van der Waals surface area (Å²) >= 11 is 0. The van der Waals surface area contributed by atoms with E-state index in [-0.39, 0.29) is 47.3 Å². The van der Waals surface area contributed by atoms with Crippen LogP contribution in [0.15, 0.2) is 52.1 Å². The molecule has 0 spiro atoms. The normalized spacial score (nSPS) is 14.6. The second-order valence-electron chi connectivity index (χ2n) is 9.42. The topological polar surface area (TPSA) is 123 Å². The van der Waals surface area contributed by atoms with E-state index in [1.807, 2.05) is 6.92 Å². The minimum Gasteiger partial charge on any atom is -0.494 e. The van der Waals surface area contributed by atoms with Crippen LogP contribution >= 0.6 is 0 Å². The SMILES string of the molecule is CCCOc1ccc(-c2cc(C(C)(C(N)=O)N3Cc4[nH]c(-c5cccc(F)c5F)nc4C=N3)on2)c(C(F)(F)F)c1. The maximum absolute atomic E-state index is 14.3. The predicted molar refractivity (Wildman–Crippen MR) is 136 cm³/mol. The number of nitrogens with zero attached hydrogens (tertiary/aromatic N) is 4. The van der Waals surface area contributed by atoms with E-state index in [2.05, 4.69) is 20.2 Å². The Balaban J connectivity index is 1.48. The Morgan fingerprint density at radius 1 is 1.17 bits per heavy atom. The molecule has 1 aliphatic rings. The van der Waals surface area contributed by atoms with Gasteiger partial charge in [-0.3, -0.25) is 9.80 Å². The number of rotatable bonds is 8. The number of hydrogen-bond donors (Lipinski definition) is 2. The quantitative estimate of drug-likeness (QED) is 0.273. The van der Waals surface area contributed by atoms with Gasteiger partial charge in [0.2, 0.25) is 0 Å². The molecule has 0 saturated heterocycles. The zero-order valence-electron chi connectivity index (χ0n) is 21.7. The van der Waals surface area contributed by atoms with Crippen molar-refractivity contribution in [3.05, 3.63) is 76.8 Å². The lowest BCUT2D eigenvalue weighted by molar-refractivity contribution is -0.137. The Bertz CT molecular complexity index is 1650. The third-order valence-electron chi connectivity index (χ3n) is 6.68. The van der Waals surface area contributed by atoms with Crippen molar-refractivity contribution in [1.82, 2.24) is 20.1 Å². The number of halogens is 5. The van der Waals surface area contributed by atoms with Crippen molar-refractivity contribution >= 4 is 12.1 Å². The molecule has 0 fully saturated rings. The van der Waals surface area contributed by atoms with Gasteiger partial charge in [-0.2, -0.15) is 18.3 Å². The summed E-state index contributed by atoms with van der Waals surface area (Å²) in [5, 5.41) is 9.28. The Kier molecular flexibility index (Phi) is 7.01. The van der Waals surface area contributed by atoms with Crippen LogP contribution in [0.5, 0.6) is 5.75 Å². The number of fused-ring (bicyclic) bond motifs is 1. The number of amides is 1. The minimum atomic E-state index is -4.74. The molecule has 2 aromatic carbocycles. The molecule has 41 heavy (non-hydrogen) atoms. The van der Waals surface area contributed by atoms with Crippen LogP contribution in [0.2, 0.25) is 0 Å². The highest BCUT2D eigenvalue weighted by Gasteiger charge is 2.45. The lowest BCUT2D eigenvalue weighted by atomic mass is 9.94. The first-order valence-corrected chi connectivity index (χ1v) is 12.4. The number of alkyl halides is 3. The fourth-order valence-corrected chi connectivity index (χ4v) is 4.35. The van der Waals surface area contributed by atoms with Crippen molar-refractivity contribution in [2.75, 3.05) is 6.61 Å². The fraction of sp³-hybridized carbons (Fsp3) is 0.259. The van der Waals surface area contributed by atoms with E-state index in [0.29, 0.717) is 17.8 Å². The lowest BCUT2D eigenvalue weighted by Gasteiger charge is -2.35. The van der Waals surface area contributed by atoms with Gasteiger partial charge in [0.15, 0.2) is 22.9 Å². The number of carbonyl (C=O) groups excluding carboxylic acids is 1. The third kappa shape index (κ3) is 5.00. The van der Waals surface area contributed by atoms with Crippen molar-refractivity contribution < 1.29 is 36.0 Å². The van der Waals surface area contributed by atoms with Crippen molar-refractivity contribution in [2.45, 2.75) is 38.5 Å². The molecule has 0 radical (unpaired) electrons. The number of nitrogens with one attached hydrogen (secondary N) is 1. The second kappa shape index (κ2) is 10.3. The van der Waals surface area contributed by atoms with Crippen LogP contribution in [-0.2, 0) is 23.1 Å². The lowest BCUT2D eigenvalue weighted by Crippen LogP contribution is -2.51. The second-order valence-corrected chi connectivity index (χ2v) is 9.42. The smallest absolute Gasteiger partial charge is 0.417 e. The van der Waals surface area contributed by atoms with Gasteiger partial charge in [0.05, 0.1) is 36.2 Å². The van der Waals surface area contributed by atoms with Gasteiger partial charge in [-0.15, -0.1) is 0 Å². The number of ether oxygens (including phenoxy) is 1. The van der Waals surface area contributed by atoms with Crippen LogP contribution in [0.1, 0.15) is 43.0 Å². The Morgan fingerprint density at radius 3 is 2.66 bits per heavy atom. The molecule has 9 nitrogen and oxygen atoms in total. The van der Waals surface area contributed by atoms with Gasteiger partial charge in [-0.25, -0.2) is 13.8 Å². The Labute approximate surface area is 229 Å². The number of primary amides is 1. The van der Waals surface area contributed by atoms with Gasteiger partial charge in [-0.05, 0) is 43.7 Å². The molecule has 0 bridgehead atoms. The average molecular weight is 575 g/mol. The summed E-state index contributed by atoms with van der Waals surface area (Å²) in [5.41, 5.74) is 3.06. The summed E-state index contributed by atoms with van der Waals surface area (Å²) in [6.07, 6.45) is -2.84. The monoisotopic (exact) mass is 574 g/mol. The minimum absolute atomic E-state index is 0.0362. The third-order valence-corrected chi connectivity index (χ3v) is 6.68. The maximum atomic E-state index is 14.3. The standard InChI is InChI=1S/C27H23F5N6O3/c1-3-9-40-14-7-8-15(17(10-14)27(30,31)32)19-11-22(41-37-19)26(2,25(33)39)38-13-21-20(12-34-38)35-24(36-21)16-5-4-6-18(28)23(16)29/h4-8,10-12H,3,9,13H2,1-2H3,(H2,33,39)(H,35,36). The van der Waals surface area contributed by atoms with Gasteiger partial charge in [0, 0.05) is 11.6 Å². The molecule has 5 rings (SSSR count). The molecular formula is C27H23F5N6O3. The van der Waals surface area contributed by atoms with E-state index in [1.165, 1.54) is 48.5 Å². The van der Waals surface area contributed by atoms with Crippen LogP contribution in [0.3, 0.4) is 0 Å². The number of nitrogens with two attached hydrogens (primary N) is 1. The number of hydrogen-bond acceptors (Lipinski definition) is 7. The van der Waals surface area contributed by atoms with Crippen LogP contribution in [0.25, 0.3) is 22.6 Å². The number of imidazole rings is 1. The van der Waals surface area contributed by atoms with Crippen LogP contribution in [0, 0.1) is 11.6 Å². The molecule has 4 aromatic rings. The van der Waals surface area contributed by atoms with Crippen LogP contribution in [0.4, 0.5) is 22.0 Å². The number of H-pyrrole nitrogens is 1. The van der Waals surface area contributed by atoms with E-state index in [9.17, 15) is 26.7 Å². The van der Waals surface area contributed by atoms with Gasteiger partial charge in [0.1, 0.15) is 23.0 Å². The van der Waals surface area contributed by atoms with Crippen molar-refractivity contribution in [1.29, 1.82) is 0 Å². The summed E-state index contributed by atoms with van der Waals surface area (Å²) in [4.78, 5) is 19.9. The van der Waals surface area contributed by atoms with E-state index in [0.717, 1.165) is 12.1 Å². The molecule has 1 amide bonds. The van der Waals surface area contributed by atoms with E-state index < -0.39 is 34.8 Å². The Hall–Kier alpha value is -4.75. The highest BCUT2D eigenvalue weighted by molar-refractivity contribution is 5.87. The molecule has 1 atom stereocenters. The fourth-order valence-electron chi connectivity index (χ4n) is 4.35. The van der Waals surface area contributed by atoms with Gasteiger partial charge < -0.3 is 20.0 Å². The molecule has 0 saturated carbocycles. The predicted octanol–water partition coefficient (Wildman–Crippen LogP) is 5.37. The summed E-state index contributed by atoms with van der Waals surface area (Å²) in [6.45, 7) is 3.34. The van der Waals surface area contributed by atoms with E-state index in [4.69, 9.17) is 15.0 Å². The number of carbonyl (C=O) groups is 1. The molecule has 1 aliphatic heterocycles. The van der Waals surface area contributed by atoms with Crippen molar-refractivity contribution in [3.63, 3.8) is 0 Å². The first-order chi connectivity index (χ1) is 19.4. The molecule has 14 heteroatoms. The van der Waals surface area contributed by atoms with Crippen molar-refractivity contribution in [2.24, 2.45) is 10.8 Å². The highest BCUT2D eigenvalue weighted by atomic mass is 19.4. The zero-order chi connectivity index (χ0) is 29.5. The molecule has 2 aromatic heterocycles. The zero-order valence-corrected chi connectivity index (χ0v) is 21.7. The van der Waals surface area contributed by atoms with E-state index in [1.54, 1.807) is 0 Å². The molecule has 1 unspecified atom stereocenters. The summed E-state index contributed by atoms with van der Waals surface area (Å²) < 4.78 is 80.6. The summed E-state index contributed by atoms with van der Waals surface area (Å²) in [5.74, 6) is -3.16. The van der Waals surface area contributed by atoms with Gasteiger partial charge in [-0.1, -0.05) is 18.1 Å². The van der Waals surface area contributed by atoms with Gasteiger partial charge in [0.25, 0.3) is 5.91 Å². The number of aromatic nitrogens is 3. The molecule has 214 valence electrons. The first kappa shape index (κ1) is 27.8. The number of hydrazone groups is 1. The summed E-state index contributed by atoms with van der Waals surface area (Å²) in [6, 6.07) is 8.31. The molecule has 3 heterocycles. The van der Waals surface area contributed by atoms with E-state index >= 15 is 0 Å². The summed E-state index contributed by atoms with van der Waals surface area (Å²) in [7, 11) is 0. The van der Waals surface area contributed by atoms with Crippen LogP contribution in [-0.4, -0.2) is 38.9 Å². The number of aromatic amines is 1. The van der Waals surface area contributed by atoms with Crippen molar-refractivity contribution in [3.8, 4) is 28.4 Å². The molecule has 0 aliphatic carbocycles. The highest BCUT2D eigenvalue weighted by Crippen LogP contribution is 2.41. The van der Waals surface area contributed by atoms with Gasteiger partial charge >= 0.3 is 6.18 Å². The maximum Gasteiger partial charge on any atom is 0.417 e. The molecule has 3 N–H and O–H groups in total. The Morgan fingerprint density at radius 2 is 1.95 bits per heavy atom. The first-order valence-electron chi connectivity index (χ1n) is 12.4. The average Bonchev–Trinajstić information content (AvgIpc) is 3.60. The largest absolute Gasteiger partial charge is 0.494 e. The van der Waals surface area contributed by atoms with Crippen LogP contribution < -0.4 is 10.5 Å². The molecular weight excluding hydrogens is 551 g/mol. The number of benzene rings is 2.